The van der Waals surface area contributed by atoms with E-state index in [2.05, 4.69) is 4.98 Å². The molecule has 2 aromatic heterocycles. The van der Waals surface area contributed by atoms with Gasteiger partial charge in [0.15, 0.2) is 5.16 Å². The van der Waals surface area contributed by atoms with Crippen LogP contribution in [-0.2, 0) is 9.53 Å². The van der Waals surface area contributed by atoms with Gasteiger partial charge in [-0.15, -0.1) is 0 Å². The van der Waals surface area contributed by atoms with E-state index in [-0.39, 0.29) is 11.7 Å². The third-order valence-electron chi connectivity index (χ3n) is 4.48. The number of carbonyl (C=O) groups is 1. The first kappa shape index (κ1) is 21.2. The number of ether oxygens (including phenoxy) is 1. The first-order valence-corrected chi connectivity index (χ1v) is 11.1. The second-order valence-corrected chi connectivity index (χ2v) is 8.13. The maximum Gasteiger partial charge on any atom is 0.345 e. The van der Waals surface area contributed by atoms with Crippen LogP contribution >= 0.6 is 23.4 Å². The molecular formula is C23H19ClN2O4S. The zero-order chi connectivity index (χ0) is 21.8. The minimum atomic E-state index is -0.474. The summed E-state index contributed by atoms with van der Waals surface area (Å²) in [6, 6.07) is 16.3. The summed E-state index contributed by atoms with van der Waals surface area (Å²) in [5.74, 6) is -0.208. The van der Waals surface area contributed by atoms with Gasteiger partial charge in [0.1, 0.15) is 5.58 Å². The number of para-hydroxylation sites is 1. The Labute approximate surface area is 187 Å². The van der Waals surface area contributed by atoms with Gasteiger partial charge in [-0.2, -0.15) is 0 Å². The van der Waals surface area contributed by atoms with Crippen molar-refractivity contribution in [1.82, 2.24) is 9.55 Å². The number of esters is 1. The highest BCUT2D eigenvalue weighted by molar-refractivity contribution is 7.99. The summed E-state index contributed by atoms with van der Waals surface area (Å²) in [4.78, 5) is 29.2. The predicted octanol–water partition coefficient (Wildman–Crippen LogP) is 5.34. The van der Waals surface area contributed by atoms with Gasteiger partial charge in [0.05, 0.1) is 23.6 Å². The van der Waals surface area contributed by atoms with Crippen LogP contribution in [0.25, 0.3) is 27.9 Å². The Balaban J connectivity index is 1.74. The van der Waals surface area contributed by atoms with E-state index in [0.29, 0.717) is 33.6 Å². The summed E-state index contributed by atoms with van der Waals surface area (Å²) >= 11 is 7.26. The second kappa shape index (κ2) is 9.41. The number of fused-ring (bicyclic) bond motifs is 1. The molecule has 0 aliphatic rings. The van der Waals surface area contributed by atoms with Crippen LogP contribution in [-0.4, -0.2) is 27.9 Å². The molecule has 6 nitrogen and oxygen atoms in total. The molecule has 0 atom stereocenters. The van der Waals surface area contributed by atoms with E-state index in [9.17, 15) is 9.59 Å². The van der Waals surface area contributed by atoms with Crippen molar-refractivity contribution in [2.24, 2.45) is 0 Å². The molecule has 0 bridgehead atoms. The largest absolute Gasteiger partial charge is 0.465 e. The van der Waals surface area contributed by atoms with Crippen LogP contribution in [0.2, 0.25) is 5.02 Å². The molecule has 158 valence electrons. The zero-order valence-electron chi connectivity index (χ0n) is 16.7. The van der Waals surface area contributed by atoms with Crippen LogP contribution in [0.15, 0.2) is 75.2 Å². The molecule has 0 spiro atoms. The Morgan fingerprint density at radius 3 is 2.74 bits per heavy atom. The van der Waals surface area contributed by atoms with Gasteiger partial charge >= 0.3 is 11.6 Å². The summed E-state index contributed by atoms with van der Waals surface area (Å²) in [7, 11) is 0. The number of aromatic nitrogens is 2. The molecule has 0 amide bonds. The smallest absolute Gasteiger partial charge is 0.345 e. The van der Waals surface area contributed by atoms with Crippen molar-refractivity contribution in [2.75, 3.05) is 12.4 Å². The lowest BCUT2D eigenvalue weighted by Gasteiger charge is -2.07. The lowest BCUT2D eigenvalue weighted by atomic mass is 10.1. The number of halogens is 1. The molecule has 8 heteroatoms. The molecule has 0 saturated heterocycles. The summed E-state index contributed by atoms with van der Waals surface area (Å²) < 4.78 is 12.4. The first-order chi connectivity index (χ1) is 15.0. The fourth-order valence-electron chi connectivity index (χ4n) is 3.00. The Kier molecular flexibility index (Phi) is 6.44. The summed E-state index contributed by atoms with van der Waals surface area (Å²) in [5.41, 5.74) is 1.65. The van der Waals surface area contributed by atoms with Gasteiger partial charge < -0.3 is 9.15 Å². The molecule has 31 heavy (non-hydrogen) atoms. The Hall–Kier alpha value is -3.03. The van der Waals surface area contributed by atoms with Crippen molar-refractivity contribution in [3.63, 3.8) is 0 Å². The van der Waals surface area contributed by atoms with E-state index in [0.717, 1.165) is 17.5 Å². The van der Waals surface area contributed by atoms with Crippen LogP contribution < -0.4 is 5.63 Å². The number of thioether (sulfide) groups is 1. The molecule has 0 radical (unpaired) electrons. The SMILES string of the molecule is CCCOC(=O)CSc1nc(-c2cc3ccccc3oc2=O)cn1-c1ccc(Cl)cc1. The molecule has 0 aliphatic heterocycles. The number of benzene rings is 2. The van der Waals surface area contributed by atoms with Crippen molar-refractivity contribution < 1.29 is 13.9 Å². The van der Waals surface area contributed by atoms with Gasteiger partial charge in [-0.1, -0.05) is 48.5 Å². The lowest BCUT2D eigenvalue weighted by Crippen LogP contribution is -2.08. The Bertz CT molecular complexity index is 1280. The predicted molar refractivity (Wildman–Crippen MR) is 122 cm³/mol. The minimum absolute atomic E-state index is 0.108. The van der Waals surface area contributed by atoms with Gasteiger partial charge in [-0.3, -0.25) is 9.36 Å². The van der Waals surface area contributed by atoms with Crippen molar-refractivity contribution in [3.8, 4) is 16.9 Å². The van der Waals surface area contributed by atoms with E-state index in [1.807, 2.05) is 41.8 Å². The Morgan fingerprint density at radius 2 is 1.97 bits per heavy atom. The highest BCUT2D eigenvalue weighted by Crippen LogP contribution is 2.28. The lowest BCUT2D eigenvalue weighted by molar-refractivity contribution is -0.140. The molecule has 4 aromatic rings. The molecule has 2 aromatic carbocycles. The van der Waals surface area contributed by atoms with Crippen LogP contribution in [0.3, 0.4) is 0 Å². The fraction of sp³-hybridized carbons (Fsp3) is 0.174. The van der Waals surface area contributed by atoms with E-state index in [1.165, 1.54) is 11.8 Å². The van der Waals surface area contributed by atoms with Crippen molar-refractivity contribution in [2.45, 2.75) is 18.5 Å². The third kappa shape index (κ3) is 4.84. The number of hydrogen-bond donors (Lipinski definition) is 0. The monoisotopic (exact) mass is 454 g/mol. The zero-order valence-corrected chi connectivity index (χ0v) is 18.3. The first-order valence-electron chi connectivity index (χ1n) is 9.72. The minimum Gasteiger partial charge on any atom is -0.465 e. The van der Waals surface area contributed by atoms with Crippen LogP contribution in [0.1, 0.15) is 13.3 Å². The quantitative estimate of drug-likeness (QED) is 0.213. The van der Waals surface area contributed by atoms with E-state index in [4.69, 9.17) is 20.8 Å². The molecule has 0 saturated carbocycles. The average molecular weight is 455 g/mol. The van der Waals surface area contributed by atoms with Crippen LogP contribution in [0.5, 0.6) is 0 Å². The van der Waals surface area contributed by atoms with Gasteiger partial charge in [-0.05, 0) is 42.8 Å². The molecule has 2 heterocycles. The van der Waals surface area contributed by atoms with Gasteiger partial charge in [0.2, 0.25) is 0 Å². The molecule has 4 rings (SSSR count). The van der Waals surface area contributed by atoms with E-state index < -0.39 is 5.63 Å². The number of hydrogen-bond acceptors (Lipinski definition) is 6. The van der Waals surface area contributed by atoms with Gasteiger partial charge in [0.25, 0.3) is 0 Å². The number of carbonyl (C=O) groups excluding carboxylic acids is 1. The van der Waals surface area contributed by atoms with Gasteiger partial charge in [0, 0.05) is 22.3 Å². The van der Waals surface area contributed by atoms with Crippen LogP contribution in [0.4, 0.5) is 0 Å². The standard InChI is InChI=1S/C23H19ClN2O4S/c1-2-11-29-21(27)14-31-23-25-19(13-26(23)17-9-7-16(24)8-10-17)18-12-15-5-3-4-6-20(15)30-22(18)28/h3-10,12-13H,2,11,14H2,1H3. The molecule has 0 aliphatic carbocycles. The normalized spacial score (nSPS) is 11.0. The average Bonchev–Trinajstić information content (AvgIpc) is 3.20. The molecular weight excluding hydrogens is 436 g/mol. The number of imidazole rings is 1. The third-order valence-corrected chi connectivity index (χ3v) is 5.66. The fourth-order valence-corrected chi connectivity index (χ4v) is 3.92. The van der Waals surface area contributed by atoms with E-state index >= 15 is 0 Å². The number of rotatable bonds is 7. The van der Waals surface area contributed by atoms with Crippen molar-refractivity contribution in [3.05, 3.63) is 76.2 Å². The van der Waals surface area contributed by atoms with Crippen molar-refractivity contribution in [1.29, 1.82) is 0 Å². The Morgan fingerprint density at radius 1 is 1.19 bits per heavy atom. The number of nitrogens with zero attached hydrogens (tertiary/aromatic N) is 2. The topological polar surface area (TPSA) is 74.3 Å². The molecule has 0 N–H and O–H groups in total. The molecule has 0 fully saturated rings. The summed E-state index contributed by atoms with van der Waals surface area (Å²) in [6.45, 7) is 2.32. The maximum absolute atomic E-state index is 12.6. The van der Waals surface area contributed by atoms with E-state index in [1.54, 1.807) is 30.5 Å². The highest BCUT2D eigenvalue weighted by atomic mass is 35.5. The summed E-state index contributed by atoms with van der Waals surface area (Å²) in [5, 5.41) is 1.96. The summed E-state index contributed by atoms with van der Waals surface area (Å²) in [6.07, 6.45) is 2.52. The second-order valence-electron chi connectivity index (χ2n) is 6.75. The molecule has 0 unspecified atom stereocenters. The highest BCUT2D eigenvalue weighted by Gasteiger charge is 2.17. The maximum atomic E-state index is 12.6. The van der Waals surface area contributed by atoms with Crippen LogP contribution in [0, 0.1) is 0 Å². The van der Waals surface area contributed by atoms with Crippen molar-refractivity contribution >= 4 is 40.3 Å². The van der Waals surface area contributed by atoms with Gasteiger partial charge in [-0.25, -0.2) is 9.78 Å².